The number of ketones is 1. The first-order valence-electron chi connectivity index (χ1n) is 10.4. The van der Waals surface area contributed by atoms with Crippen molar-refractivity contribution in [2.45, 2.75) is 37.5 Å². The third-order valence-electron chi connectivity index (χ3n) is 5.36. The highest BCUT2D eigenvalue weighted by molar-refractivity contribution is 7.99. The standard InChI is InChI=1S/C23H24F2N4OS/c24-19-10-9-18(13-20(19)25)21(30)16-31-23-27-26-22(15-28-11-5-2-6-12-28)29(23)14-17-7-3-1-4-8-17/h1,3-4,7-10,13H,2,5-6,11-12,14-16H2. The van der Waals surface area contributed by atoms with E-state index in [4.69, 9.17) is 0 Å². The van der Waals surface area contributed by atoms with Crippen molar-refractivity contribution in [3.8, 4) is 0 Å². The van der Waals surface area contributed by atoms with Crippen LogP contribution in [0.15, 0.2) is 53.7 Å². The molecule has 2 aromatic carbocycles. The monoisotopic (exact) mass is 442 g/mol. The van der Waals surface area contributed by atoms with Gasteiger partial charge in [-0.2, -0.15) is 0 Å². The van der Waals surface area contributed by atoms with Gasteiger partial charge in [0.25, 0.3) is 0 Å². The van der Waals surface area contributed by atoms with E-state index < -0.39 is 11.6 Å². The molecule has 1 aliphatic heterocycles. The van der Waals surface area contributed by atoms with Gasteiger partial charge in [-0.05, 0) is 49.7 Å². The number of carbonyl (C=O) groups excluding carboxylic acids is 1. The Morgan fingerprint density at radius 1 is 0.935 bits per heavy atom. The van der Waals surface area contributed by atoms with Crippen LogP contribution in [0.4, 0.5) is 8.78 Å². The summed E-state index contributed by atoms with van der Waals surface area (Å²) in [6, 6.07) is 13.3. The second-order valence-corrected chi connectivity index (χ2v) is 8.59. The van der Waals surface area contributed by atoms with Crippen LogP contribution in [0.5, 0.6) is 0 Å². The van der Waals surface area contributed by atoms with E-state index in [2.05, 4.69) is 15.1 Å². The Kier molecular flexibility index (Phi) is 7.09. The topological polar surface area (TPSA) is 51.0 Å². The largest absolute Gasteiger partial charge is 0.300 e. The molecule has 5 nitrogen and oxygen atoms in total. The van der Waals surface area contributed by atoms with Gasteiger partial charge in [0.05, 0.1) is 18.8 Å². The maximum Gasteiger partial charge on any atom is 0.192 e. The quantitative estimate of drug-likeness (QED) is 0.378. The number of carbonyl (C=O) groups is 1. The van der Waals surface area contributed by atoms with E-state index in [0.717, 1.165) is 43.2 Å². The Bertz CT molecular complexity index is 1040. The lowest BCUT2D eigenvalue weighted by Crippen LogP contribution is -2.30. The zero-order chi connectivity index (χ0) is 21.6. The fraction of sp³-hybridized carbons (Fsp3) is 0.348. The number of hydrogen-bond acceptors (Lipinski definition) is 5. The molecule has 0 bridgehead atoms. The Labute approximate surface area is 184 Å². The minimum Gasteiger partial charge on any atom is -0.300 e. The molecule has 0 amide bonds. The predicted molar refractivity (Wildman–Crippen MR) is 116 cm³/mol. The highest BCUT2D eigenvalue weighted by atomic mass is 32.2. The van der Waals surface area contributed by atoms with Gasteiger partial charge in [-0.1, -0.05) is 48.5 Å². The number of hydrogen-bond donors (Lipinski definition) is 0. The fourth-order valence-corrected chi connectivity index (χ4v) is 4.52. The fourth-order valence-electron chi connectivity index (χ4n) is 3.67. The summed E-state index contributed by atoms with van der Waals surface area (Å²) < 4.78 is 28.7. The molecule has 1 aliphatic rings. The zero-order valence-corrected chi connectivity index (χ0v) is 18.0. The molecule has 31 heavy (non-hydrogen) atoms. The lowest BCUT2D eigenvalue weighted by Gasteiger charge is -2.26. The number of aromatic nitrogens is 3. The Morgan fingerprint density at radius 2 is 1.71 bits per heavy atom. The van der Waals surface area contributed by atoms with E-state index in [1.807, 2.05) is 34.9 Å². The normalized spacial score (nSPS) is 14.6. The van der Waals surface area contributed by atoms with Crippen LogP contribution in [-0.4, -0.2) is 44.3 Å². The van der Waals surface area contributed by atoms with Gasteiger partial charge >= 0.3 is 0 Å². The number of rotatable bonds is 8. The van der Waals surface area contributed by atoms with Crippen molar-refractivity contribution in [1.82, 2.24) is 19.7 Å². The number of Topliss-reactive ketones (excluding diaryl/α,β-unsaturated/α-hetero) is 1. The van der Waals surface area contributed by atoms with Gasteiger partial charge in [0.15, 0.2) is 22.6 Å². The molecule has 1 aromatic heterocycles. The van der Waals surface area contributed by atoms with Crippen molar-refractivity contribution >= 4 is 17.5 Å². The molecule has 0 spiro atoms. The lowest BCUT2D eigenvalue weighted by molar-refractivity contribution is 0.102. The van der Waals surface area contributed by atoms with Gasteiger partial charge in [-0.25, -0.2) is 8.78 Å². The number of likely N-dealkylation sites (tertiary alicyclic amines) is 1. The van der Waals surface area contributed by atoms with Crippen molar-refractivity contribution in [1.29, 1.82) is 0 Å². The summed E-state index contributed by atoms with van der Waals surface area (Å²) in [5.74, 6) is -1.33. The van der Waals surface area contributed by atoms with Crippen LogP contribution in [0.2, 0.25) is 0 Å². The van der Waals surface area contributed by atoms with Gasteiger partial charge < -0.3 is 4.57 Å². The van der Waals surface area contributed by atoms with E-state index >= 15 is 0 Å². The van der Waals surface area contributed by atoms with Crippen LogP contribution in [0.1, 0.15) is 41.0 Å². The van der Waals surface area contributed by atoms with Gasteiger partial charge in [-0.3, -0.25) is 9.69 Å². The van der Waals surface area contributed by atoms with Gasteiger partial charge in [-0.15, -0.1) is 10.2 Å². The molecule has 3 aromatic rings. The number of piperidine rings is 1. The molecule has 0 saturated carbocycles. The molecule has 0 N–H and O–H groups in total. The zero-order valence-electron chi connectivity index (χ0n) is 17.1. The lowest BCUT2D eigenvalue weighted by atomic mass is 10.1. The SMILES string of the molecule is O=C(CSc1nnc(CN2CCCCC2)n1Cc1ccccc1)c1ccc(F)c(F)c1. The maximum atomic E-state index is 13.5. The summed E-state index contributed by atoms with van der Waals surface area (Å²) in [5, 5.41) is 9.40. The second-order valence-electron chi connectivity index (χ2n) is 7.65. The minimum atomic E-state index is -1.02. The van der Waals surface area contributed by atoms with Crippen LogP contribution in [-0.2, 0) is 13.1 Å². The summed E-state index contributed by atoms with van der Waals surface area (Å²) >= 11 is 1.27. The summed E-state index contributed by atoms with van der Waals surface area (Å²) in [7, 11) is 0. The molecule has 162 valence electrons. The Morgan fingerprint density at radius 3 is 2.45 bits per heavy atom. The molecule has 0 unspecified atom stereocenters. The van der Waals surface area contributed by atoms with Gasteiger partial charge in [0, 0.05) is 5.56 Å². The molecule has 0 atom stereocenters. The predicted octanol–water partition coefficient (Wildman–Crippen LogP) is 4.57. The number of thioether (sulfide) groups is 1. The summed E-state index contributed by atoms with van der Waals surface area (Å²) in [6.45, 7) is 3.43. The van der Waals surface area contributed by atoms with Crippen molar-refractivity contribution in [2.75, 3.05) is 18.8 Å². The van der Waals surface area contributed by atoms with Crippen molar-refractivity contribution in [3.05, 3.63) is 77.1 Å². The molecular formula is C23H24F2N4OS. The molecule has 8 heteroatoms. The van der Waals surface area contributed by atoms with Gasteiger partial charge in [0.1, 0.15) is 5.82 Å². The summed E-state index contributed by atoms with van der Waals surface area (Å²) in [4.78, 5) is 14.9. The minimum absolute atomic E-state index is 0.0711. The second kappa shape index (κ2) is 10.2. The number of halogens is 2. The van der Waals surface area contributed by atoms with Crippen molar-refractivity contribution < 1.29 is 13.6 Å². The van der Waals surface area contributed by atoms with E-state index in [0.29, 0.717) is 11.7 Å². The van der Waals surface area contributed by atoms with Crippen LogP contribution >= 0.6 is 11.8 Å². The van der Waals surface area contributed by atoms with Gasteiger partial charge in [0.2, 0.25) is 0 Å². The van der Waals surface area contributed by atoms with Crippen LogP contribution in [0, 0.1) is 11.6 Å². The number of nitrogens with zero attached hydrogens (tertiary/aromatic N) is 4. The van der Waals surface area contributed by atoms with Crippen molar-refractivity contribution in [2.24, 2.45) is 0 Å². The van der Waals surface area contributed by atoms with Crippen LogP contribution in [0.3, 0.4) is 0 Å². The smallest absolute Gasteiger partial charge is 0.192 e. The summed E-state index contributed by atoms with van der Waals surface area (Å²) in [6.07, 6.45) is 3.65. The average Bonchev–Trinajstić information content (AvgIpc) is 3.16. The highest BCUT2D eigenvalue weighted by Crippen LogP contribution is 2.22. The van der Waals surface area contributed by atoms with E-state index in [1.54, 1.807) is 0 Å². The highest BCUT2D eigenvalue weighted by Gasteiger charge is 2.19. The first-order chi connectivity index (χ1) is 15.1. The molecule has 2 heterocycles. The van der Waals surface area contributed by atoms with Crippen LogP contribution < -0.4 is 0 Å². The maximum absolute atomic E-state index is 13.5. The number of benzene rings is 2. The third-order valence-corrected chi connectivity index (χ3v) is 6.33. The van der Waals surface area contributed by atoms with E-state index in [9.17, 15) is 13.6 Å². The third kappa shape index (κ3) is 5.57. The molecule has 0 aliphatic carbocycles. The average molecular weight is 443 g/mol. The first kappa shape index (κ1) is 21.6. The Hall–Kier alpha value is -2.58. The molecule has 1 fully saturated rings. The van der Waals surface area contributed by atoms with Crippen molar-refractivity contribution in [3.63, 3.8) is 0 Å². The molecule has 1 saturated heterocycles. The summed E-state index contributed by atoms with van der Waals surface area (Å²) in [5.41, 5.74) is 1.27. The van der Waals surface area contributed by atoms with E-state index in [1.165, 1.54) is 37.1 Å². The molecular weight excluding hydrogens is 418 g/mol. The Balaban J connectivity index is 1.51. The van der Waals surface area contributed by atoms with E-state index in [-0.39, 0.29) is 17.1 Å². The van der Waals surface area contributed by atoms with Crippen LogP contribution in [0.25, 0.3) is 0 Å². The molecule has 4 rings (SSSR count). The first-order valence-corrected chi connectivity index (χ1v) is 11.4. The molecule has 0 radical (unpaired) electrons.